The van der Waals surface area contributed by atoms with Gasteiger partial charge in [-0.25, -0.2) is 9.78 Å². The third-order valence-corrected chi connectivity index (χ3v) is 6.77. The number of hydrogen-bond donors (Lipinski definition) is 0. The molecule has 168 valence electrons. The monoisotopic (exact) mass is 439 g/mol. The number of tetrazole rings is 1. The van der Waals surface area contributed by atoms with Gasteiger partial charge in [0.2, 0.25) is 5.91 Å². The van der Waals surface area contributed by atoms with Gasteiger partial charge in [-0.15, -0.1) is 5.10 Å². The molecule has 2 aromatic rings. The zero-order valence-corrected chi connectivity index (χ0v) is 17.9. The van der Waals surface area contributed by atoms with Gasteiger partial charge in [-0.1, -0.05) is 6.07 Å². The zero-order chi connectivity index (χ0) is 22.1. The number of amides is 1. The van der Waals surface area contributed by atoms with Crippen LogP contribution in [0.4, 0.5) is 0 Å². The predicted octanol–water partition coefficient (Wildman–Crippen LogP) is -0.0201. The summed E-state index contributed by atoms with van der Waals surface area (Å²) < 4.78 is 12.3. The van der Waals surface area contributed by atoms with E-state index in [4.69, 9.17) is 9.47 Å². The molecular formula is C21H25N7O4. The minimum Gasteiger partial charge on any atom is -0.456 e. The third kappa shape index (κ3) is 3.67. The highest BCUT2D eigenvalue weighted by atomic mass is 16.5. The van der Waals surface area contributed by atoms with Crippen LogP contribution in [0.3, 0.4) is 0 Å². The molecule has 1 unspecified atom stereocenters. The summed E-state index contributed by atoms with van der Waals surface area (Å²) >= 11 is 0. The number of piperidine rings is 1. The molecular weight excluding hydrogens is 414 g/mol. The van der Waals surface area contributed by atoms with Crippen molar-refractivity contribution in [2.45, 2.75) is 25.4 Å². The lowest BCUT2D eigenvalue weighted by Gasteiger charge is -2.40. The van der Waals surface area contributed by atoms with Crippen LogP contribution in [0.25, 0.3) is 5.82 Å². The smallest absolute Gasteiger partial charge is 0.333 e. The van der Waals surface area contributed by atoms with Gasteiger partial charge in [-0.3, -0.25) is 4.79 Å². The Morgan fingerprint density at radius 3 is 2.72 bits per heavy atom. The molecule has 0 bridgehead atoms. The molecule has 32 heavy (non-hydrogen) atoms. The normalized spacial score (nSPS) is 23.1. The molecule has 0 radical (unpaired) electrons. The molecule has 5 rings (SSSR count). The molecule has 11 nitrogen and oxygen atoms in total. The second kappa shape index (κ2) is 8.40. The number of hydrogen-bond acceptors (Lipinski definition) is 9. The summed E-state index contributed by atoms with van der Waals surface area (Å²) in [6.07, 6.45) is 6.93. The number of pyridine rings is 1. The lowest BCUT2D eigenvalue weighted by molar-refractivity contribution is -0.141. The number of esters is 1. The van der Waals surface area contributed by atoms with Crippen molar-refractivity contribution in [3.8, 4) is 5.82 Å². The molecule has 11 heteroatoms. The second-order valence-electron chi connectivity index (χ2n) is 8.41. The number of likely N-dealkylation sites (tertiary alicyclic amines) is 2. The van der Waals surface area contributed by atoms with Gasteiger partial charge in [0.25, 0.3) is 0 Å². The van der Waals surface area contributed by atoms with Gasteiger partial charge in [0.1, 0.15) is 12.9 Å². The van der Waals surface area contributed by atoms with Crippen molar-refractivity contribution >= 4 is 11.9 Å². The summed E-state index contributed by atoms with van der Waals surface area (Å²) in [7, 11) is 1.66. The number of ether oxygens (including phenoxy) is 2. The Kier molecular flexibility index (Phi) is 5.43. The van der Waals surface area contributed by atoms with Crippen LogP contribution in [0.1, 0.15) is 18.4 Å². The molecule has 5 heterocycles. The first-order valence-corrected chi connectivity index (χ1v) is 10.7. The Labute approximate surface area is 185 Å². The van der Waals surface area contributed by atoms with Crippen molar-refractivity contribution < 1.29 is 19.1 Å². The number of cyclic esters (lactones) is 1. The van der Waals surface area contributed by atoms with Crippen LogP contribution in [-0.2, 0) is 25.5 Å². The largest absolute Gasteiger partial charge is 0.456 e. The van der Waals surface area contributed by atoms with Crippen LogP contribution in [0.2, 0.25) is 0 Å². The number of rotatable bonds is 6. The van der Waals surface area contributed by atoms with E-state index in [9.17, 15) is 9.59 Å². The van der Waals surface area contributed by atoms with Crippen LogP contribution in [0.15, 0.2) is 36.4 Å². The van der Waals surface area contributed by atoms with E-state index < -0.39 is 11.4 Å². The maximum Gasteiger partial charge on any atom is 0.333 e. The van der Waals surface area contributed by atoms with Crippen LogP contribution < -0.4 is 0 Å². The lowest BCUT2D eigenvalue weighted by Crippen LogP contribution is -2.49. The maximum atomic E-state index is 13.4. The van der Waals surface area contributed by atoms with E-state index in [0.29, 0.717) is 18.1 Å². The highest BCUT2D eigenvalue weighted by molar-refractivity contribution is 5.91. The molecule has 2 saturated heterocycles. The second-order valence-corrected chi connectivity index (χ2v) is 8.41. The lowest BCUT2D eigenvalue weighted by atomic mass is 9.75. The van der Waals surface area contributed by atoms with E-state index >= 15 is 0 Å². The van der Waals surface area contributed by atoms with Crippen LogP contribution in [0.5, 0.6) is 0 Å². The minimum atomic E-state index is -0.535. The Morgan fingerprint density at radius 2 is 2.09 bits per heavy atom. The summed E-state index contributed by atoms with van der Waals surface area (Å²) in [6, 6.07) is 3.94. The van der Waals surface area contributed by atoms with Crippen LogP contribution in [0, 0.1) is 5.41 Å². The van der Waals surface area contributed by atoms with Gasteiger partial charge < -0.3 is 19.3 Å². The topological polar surface area (TPSA) is 116 Å². The highest BCUT2D eigenvalue weighted by Crippen LogP contribution is 2.44. The first-order valence-electron chi connectivity index (χ1n) is 10.7. The quantitative estimate of drug-likeness (QED) is 0.573. The Balaban J connectivity index is 1.18. The summed E-state index contributed by atoms with van der Waals surface area (Å²) in [5.74, 6) is 0.340. The average molecular weight is 439 g/mol. The highest BCUT2D eigenvalue weighted by Gasteiger charge is 2.56. The van der Waals surface area contributed by atoms with Crippen LogP contribution >= 0.6 is 0 Å². The van der Waals surface area contributed by atoms with Crippen molar-refractivity contribution in [2.24, 2.45) is 5.41 Å². The number of aromatic nitrogens is 5. The van der Waals surface area contributed by atoms with Crippen molar-refractivity contribution in [3.05, 3.63) is 42.0 Å². The van der Waals surface area contributed by atoms with E-state index in [-0.39, 0.29) is 18.6 Å². The number of carbonyl (C=O) groups excluding carboxylic acids is 2. The molecule has 3 aliphatic heterocycles. The molecule has 0 N–H and O–H groups in total. The average Bonchev–Trinajstić information content (AvgIpc) is 3.55. The van der Waals surface area contributed by atoms with E-state index in [1.807, 2.05) is 18.3 Å². The van der Waals surface area contributed by atoms with E-state index in [0.717, 1.165) is 44.5 Å². The maximum absolute atomic E-state index is 13.4. The zero-order valence-electron chi connectivity index (χ0n) is 17.9. The Bertz CT molecular complexity index is 1010. The Hall–Kier alpha value is -3.18. The third-order valence-electron chi connectivity index (χ3n) is 6.77. The minimum absolute atomic E-state index is 0.0518. The SMILES string of the molecule is COC1CN(C2=CC(=O)OC2)C(=O)C12CCN(CCc1ccc(-n3cnnn3)nc1)CC2. The van der Waals surface area contributed by atoms with Gasteiger partial charge in [-0.2, -0.15) is 4.68 Å². The summed E-state index contributed by atoms with van der Waals surface area (Å²) in [5, 5.41) is 11.1. The van der Waals surface area contributed by atoms with Crippen molar-refractivity contribution in [2.75, 3.05) is 39.9 Å². The first-order chi connectivity index (χ1) is 15.6. The molecule has 0 saturated carbocycles. The van der Waals surface area contributed by atoms with Crippen molar-refractivity contribution in [3.63, 3.8) is 0 Å². The van der Waals surface area contributed by atoms with E-state index in [1.165, 1.54) is 17.1 Å². The first kappa shape index (κ1) is 20.7. The molecule has 3 aliphatic rings. The van der Waals surface area contributed by atoms with E-state index in [1.54, 1.807) is 12.0 Å². The fourth-order valence-corrected chi connectivity index (χ4v) is 4.86. The number of carbonyl (C=O) groups is 2. The standard InChI is InChI=1S/C21H25N7O4/c1-31-17-12-27(16-10-19(29)32-13-16)20(30)21(17)5-8-26(9-6-21)7-4-15-2-3-18(22-11-15)28-14-23-24-25-28/h2-3,10-11,14,17H,4-9,12-13H2,1H3. The van der Waals surface area contributed by atoms with Gasteiger partial charge >= 0.3 is 5.97 Å². The summed E-state index contributed by atoms with van der Waals surface area (Å²) in [4.78, 5) is 33.3. The molecule has 1 amide bonds. The molecule has 1 spiro atoms. The number of methoxy groups -OCH3 is 1. The number of nitrogens with zero attached hydrogens (tertiary/aromatic N) is 7. The summed E-state index contributed by atoms with van der Waals surface area (Å²) in [5.41, 5.74) is 1.24. The molecule has 2 aromatic heterocycles. The molecule has 1 atom stereocenters. The van der Waals surface area contributed by atoms with Crippen LogP contribution in [-0.4, -0.2) is 92.9 Å². The molecule has 0 aromatic carbocycles. The summed E-state index contributed by atoms with van der Waals surface area (Å²) in [6.45, 7) is 3.17. The molecule has 2 fully saturated rings. The fourth-order valence-electron chi connectivity index (χ4n) is 4.86. The van der Waals surface area contributed by atoms with Gasteiger partial charge in [-0.05, 0) is 54.4 Å². The van der Waals surface area contributed by atoms with Gasteiger partial charge in [0, 0.05) is 25.9 Å². The van der Waals surface area contributed by atoms with E-state index in [2.05, 4.69) is 25.4 Å². The van der Waals surface area contributed by atoms with Gasteiger partial charge in [0.05, 0.1) is 23.8 Å². The fraction of sp³-hybridized carbons (Fsp3) is 0.524. The predicted molar refractivity (Wildman–Crippen MR) is 110 cm³/mol. The Morgan fingerprint density at radius 1 is 1.25 bits per heavy atom. The molecule has 0 aliphatic carbocycles. The van der Waals surface area contributed by atoms with Gasteiger partial charge in [0.15, 0.2) is 5.82 Å². The van der Waals surface area contributed by atoms with Crippen molar-refractivity contribution in [1.82, 2.24) is 35.0 Å². The van der Waals surface area contributed by atoms with Crippen molar-refractivity contribution in [1.29, 1.82) is 0 Å².